The SMILES string of the molecule is c1ccc(-c2c(OCC3CO3)ccc(OCC3CO3)c2OCC2CO2)cc1. The highest BCUT2D eigenvalue weighted by atomic mass is 16.6. The molecule has 5 rings (SSSR count). The Bertz CT molecular complexity index is 781. The van der Waals surface area contributed by atoms with Gasteiger partial charge in [-0.05, 0) is 17.7 Å². The number of ether oxygens (including phenoxy) is 6. The Balaban J connectivity index is 1.50. The highest BCUT2D eigenvalue weighted by Gasteiger charge is 2.29. The zero-order valence-electron chi connectivity index (χ0n) is 15.0. The van der Waals surface area contributed by atoms with E-state index in [0.29, 0.717) is 31.3 Å². The van der Waals surface area contributed by atoms with E-state index in [1.807, 2.05) is 42.5 Å². The van der Waals surface area contributed by atoms with E-state index in [4.69, 9.17) is 28.4 Å². The second-order valence-corrected chi connectivity index (χ2v) is 6.93. The molecule has 3 aliphatic heterocycles. The molecule has 0 N–H and O–H groups in total. The second-order valence-electron chi connectivity index (χ2n) is 6.93. The summed E-state index contributed by atoms with van der Waals surface area (Å²) < 4.78 is 34.1. The number of hydrogen-bond donors (Lipinski definition) is 0. The Labute approximate surface area is 157 Å². The summed E-state index contributed by atoms with van der Waals surface area (Å²) in [5.74, 6) is 2.14. The molecule has 0 saturated carbocycles. The van der Waals surface area contributed by atoms with Crippen LogP contribution < -0.4 is 14.2 Å². The van der Waals surface area contributed by atoms with Gasteiger partial charge in [0.15, 0.2) is 11.5 Å². The molecule has 3 atom stereocenters. The highest BCUT2D eigenvalue weighted by Crippen LogP contribution is 2.45. The molecule has 6 nitrogen and oxygen atoms in total. The minimum absolute atomic E-state index is 0.151. The van der Waals surface area contributed by atoms with Crippen molar-refractivity contribution in [1.29, 1.82) is 0 Å². The highest BCUT2D eigenvalue weighted by molar-refractivity contribution is 5.80. The molecule has 0 spiro atoms. The largest absolute Gasteiger partial charge is 0.490 e. The molecule has 0 aliphatic carbocycles. The van der Waals surface area contributed by atoms with E-state index in [9.17, 15) is 0 Å². The Morgan fingerprint density at radius 2 is 1.19 bits per heavy atom. The molecule has 2 aromatic rings. The summed E-state index contributed by atoms with van der Waals surface area (Å²) in [6, 6.07) is 13.9. The minimum atomic E-state index is 0.151. The number of rotatable bonds is 10. The Morgan fingerprint density at radius 3 is 1.78 bits per heavy atom. The first-order chi connectivity index (χ1) is 13.4. The van der Waals surface area contributed by atoms with Gasteiger partial charge in [0.2, 0.25) is 0 Å². The molecule has 3 aliphatic rings. The van der Waals surface area contributed by atoms with Crippen molar-refractivity contribution in [2.45, 2.75) is 18.3 Å². The summed E-state index contributed by atoms with van der Waals surface area (Å²) in [7, 11) is 0. The first-order valence-corrected chi connectivity index (χ1v) is 9.32. The number of benzene rings is 2. The molecule has 3 fully saturated rings. The smallest absolute Gasteiger partial charge is 0.172 e. The Hall–Kier alpha value is -2.28. The fraction of sp³-hybridized carbons (Fsp3) is 0.429. The van der Waals surface area contributed by atoms with Crippen molar-refractivity contribution in [2.75, 3.05) is 39.6 Å². The van der Waals surface area contributed by atoms with E-state index in [1.165, 1.54) is 0 Å². The zero-order chi connectivity index (χ0) is 18.1. The normalized spacial score (nSPS) is 25.0. The van der Waals surface area contributed by atoms with Gasteiger partial charge in [-0.25, -0.2) is 0 Å². The molecular weight excluding hydrogens is 348 g/mol. The topological polar surface area (TPSA) is 65.3 Å². The van der Waals surface area contributed by atoms with Crippen molar-refractivity contribution in [2.24, 2.45) is 0 Å². The van der Waals surface area contributed by atoms with Gasteiger partial charge in [0.25, 0.3) is 0 Å². The number of epoxide rings is 3. The van der Waals surface area contributed by atoms with Gasteiger partial charge in [0, 0.05) is 0 Å². The summed E-state index contributed by atoms with van der Waals surface area (Å²) in [5.41, 5.74) is 1.91. The van der Waals surface area contributed by atoms with Crippen molar-refractivity contribution >= 4 is 0 Å². The van der Waals surface area contributed by atoms with Crippen LogP contribution in [0.2, 0.25) is 0 Å². The number of hydrogen-bond acceptors (Lipinski definition) is 6. The third-order valence-electron chi connectivity index (χ3n) is 4.62. The molecule has 0 aromatic heterocycles. The lowest BCUT2D eigenvalue weighted by molar-refractivity contribution is 0.226. The van der Waals surface area contributed by atoms with E-state index < -0.39 is 0 Å². The lowest BCUT2D eigenvalue weighted by atomic mass is 10.0. The Kier molecular flexibility index (Phi) is 4.61. The molecule has 2 aromatic carbocycles. The fourth-order valence-corrected chi connectivity index (χ4v) is 2.84. The quantitative estimate of drug-likeness (QED) is 0.599. The van der Waals surface area contributed by atoms with Crippen molar-refractivity contribution < 1.29 is 28.4 Å². The lowest BCUT2D eigenvalue weighted by Gasteiger charge is -2.19. The summed E-state index contributed by atoms with van der Waals surface area (Å²) in [5, 5.41) is 0. The molecule has 6 heteroatoms. The maximum absolute atomic E-state index is 6.16. The second kappa shape index (κ2) is 7.38. The van der Waals surface area contributed by atoms with Crippen LogP contribution in [-0.4, -0.2) is 58.0 Å². The average molecular weight is 370 g/mol. The summed E-state index contributed by atoms with van der Waals surface area (Å²) in [4.78, 5) is 0. The third-order valence-corrected chi connectivity index (χ3v) is 4.62. The van der Waals surface area contributed by atoms with Crippen LogP contribution in [-0.2, 0) is 14.2 Å². The standard InChI is InChI=1S/C21H22O6/c1-2-4-14(5-3-1)20-18(25-11-15-8-22-15)6-7-19(26-12-16-9-23-16)21(20)27-13-17-10-24-17/h1-7,15-17H,8-13H2. The third kappa shape index (κ3) is 4.35. The predicted octanol–water partition coefficient (Wildman–Crippen LogP) is 2.69. The van der Waals surface area contributed by atoms with E-state index in [-0.39, 0.29) is 18.3 Å². The van der Waals surface area contributed by atoms with Crippen LogP contribution in [0.25, 0.3) is 11.1 Å². The van der Waals surface area contributed by atoms with Crippen LogP contribution >= 0.6 is 0 Å². The zero-order valence-corrected chi connectivity index (χ0v) is 15.0. The Morgan fingerprint density at radius 1 is 0.667 bits per heavy atom. The van der Waals surface area contributed by atoms with Gasteiger partial charge in [0.05, 0.1) is 25.4 Å². The molecule has 3 unspecified atom stereocenters. The van der Waals surface area contributed by atoms with Crippen LogP contribution in [0.5, 0.6) is 17.2 Å². The summed E-state index contributed by atoms with van der Waals surface area (Å²) >= 11 is 0. The molecule has 3 heterocycles. The minimum Gasteiger partial charge on any atom is -0.490 e. The fourth-order valence-electron chi connectivity index (χ4n) is 2.84. The molecule has 0 bridgehead atoms. The van der Waals surface area contributed by atoms with Gasteiger partial charge in [-0.2, -0.15) is 0 Å². The van der Waals surface area contributed by atoms with E-state index in [1.54, 1.807) is 0 Å². The van der Waals surface area contributed by atoms with Crippen molar-refractivity contribution in [3.05, 3.63) is 42.5 Å². The van der Waals surface area contributed by atoms with Crippen molar-refractivity contribution in [3.8, 4) is 28.4 Å². The predicted molar refractivity (Wildman–Crippen MR) is 97.6 cm³/mol. The van der Waals surface area contributed by atoms with Crippen molar-refractivity contribution in [3.63, 3.8) is 0 Å². The van der Waals surface area contributed by atoms with E-state index in [2.05, 4.69) is 0 Å². The van der Waals surface area contributed by atoms with Crippen LogP contribution in [0.4, 0.5) is 0 Å². The van der Waals surface area contributed by atoms with Gasteiger partial charge in [-0.15, -0.1) is 0 Å². The van der Waals surface area contributed by atoms with Gasteiger partial charge in [-0.1, -0.05) is 30.3 Å². The first kappa shape index (κ1) is 16.9. The van der Waals surface area contributed by atoms with Crippen molar-refractivity contribution in [1.82, 2.24) is 0 Å². The van der Waals surface area contributed by atoms with Crippen LogP contribution in [0.15, 0.2) is 42.5 Å². The van der Waals surface area contributed by atoms with Crippen LogP contribution in [0, 0.1) is 0 Å². The molecule has 142 valence electrons. The van der Waals surface area contributed by atoms with Gasteiger partial charge in [-0.3, -0.25) is 0 Å². The lowest BCUT2D eigenvalue weighted by Crippen LogP contribution is -2.11. The summed E-state index contributed by atoms with van der Waals surface area (Å²) in [6.45, 7) is 3.78. The van der Waals surface area contributed by atoms with E-state index >= 15 is 0 Å². The molecule has 27 heavy (non-hydrogen) atoms. The van der Waals surface area contributed by atoms with E-state index in [0.717, 1.165) is 36.7 Å². The van der Waals surface area contributed by atoms with Gasteiger partial charge >= 0.3 is 0 Å². The molecule has 3 saturated heterocycles. The van der Waals surface area contributed by atoms with Crippen LogP contribution in [0.3, 0.4) is 0 Å². The van der Waals surface area contributed by atoms with Gasteiger partial charge in [0.1, 0.15) is 43.9 Å². The van der Waals surface area contributed by atoms with Crippen LogP contribution in [0.1, 0.15) is 0 Å². The molecule has 0 amide bonds. The van der Waals surface area contributed by atoms with Gasteiger partial charge < -0.3 is 28.4 Å². The maximum Gasteiger partial charge on any atom is 0.172 e. The monoisotopic (exact) mass is 370 g/mol. The molecule has 0 radical (unpaired) electrons. The molecular formula is C21H22O6. The first-order valence-electron chi connectivity index (χ1n) is 9.32. The average Bonchev–Trinajstić information content (AvgIpc) is 3.57. The summed E-state index contributed by atoms with van der Waals surface area (Å²) in [6.07, 6.45) is 0.506. The maximum atomic E-state index is 6.16.